The first kappa shape index (κ1) is 14.0. The van der Waals surface area contributed by atoms with Gasteiger partial charge in [-0.2, -0.15) is 13.2 Å². The molecule has 1 rings (SSSR count). The van der Waals surface area contributed by atoms with Crippen molar-refractivity contribution in [3.8, 4) is 5.75 Å². The van der Waals surface area contributed by atoms with Gasteiger partial charge in [0.15, 0.2) is 5.75 Å². The summed E-state index contributed by atoms with van der Waals surface area (Å²) in [5, 5.41) is 0. The second-order valence-corrected chi connectivity index (χ2v) is 5.21. The Kier molecular flexibility index (Phi) is 4.42. The van der Waals surface area contributed by atoms with Crippen LogP contribution in [0, 0.1) is 0 Å². The topological polar surface area (TPSA) is 26.3 Å². The van der Waals surface area contributed by atoms with Crippen molar-refractivity contribution < 1.29 is 22.7 Å². The predicted octanol–water partition coefficient (Wildman–Crippen LogP) is 4.44. The van der Waals surface area contributed by atoms with E-state index in [1.165, 1.54) is 12.1 Å². The summed E-state index contributed by atoms with van der Waals surface area (Å²) in [6.45, 7) is 0. The predicted molar refractivity (Wildman–Crippen MR) is 61.2 cm³/mol. The number of hydrogen-bond acceptors (Lipinski definition) is 2. The summed E-state index contributed by atoms with van der Waals surface area (Å²) in [4.78, 5) is 10.6. The molecule has 0 saturated carbocycles. The molecule has 0 spiro atoms. The standard InChI is InChI=1S/C8H2Br3F3O2/c9-3-1-4(10)6(5(11)2-3)16-7(15)8(12,13)14/h1-2H. The van der Waals surface area contributed by atoms with E-state index in [2.05, 4.69) is 52.5 Å². The van der Waals surface area contributed by atoms with Crippen molar-refractivity contribution in [2.24, 2.45) is 0 Å². The number of ether oxygens (including phenoxy) is 1. The van der Waals surface area contributed by atoms with Crippen LogP contribution < -0.4 is 4.74 Å². The summed E-state index contributed by atoms with van der Waals surface area (Å²) in [6, 6.07) is 2.92. The number of carbonyl (C=O) groups excluding carboxylic acids is 1. The van der Waals surface area contributed by atoms with Gasteiger partial charge in [-0.15, -0.1) is 0 Å². The second-order valence-electron chi connectivity index (χ2n) is 2.59. The summed E-state index contributed by atoms with van der Waals surface area (Å²) in [7, 11) is 0. The van der Waals surface area contributed by atoms with Gasteiger partial charge in [-0.1, -0.05) is 15.9 Å². The van der Waals surface area contributed by atoms with Crippen LogP contribution in [0.25, 0.3) is 0 Å². The largest absolute Gasteiger partial charge is 0.491 e. The summed E-state index contributed by atoms with van der Waals surface area (Å²) in [5.41, 5.74) is 0. The Hall–Kier alpha value is -0.0800. The van der Waals surface area contributed by atoms with E-state index < -0.39 is 12.1 Å². The summed E-state index contributed by atoms with van der Waals surface area (Å²) < 4.78 is 41.2. The molecule has 0 atom stereocenters. The maximum absolute atomic E-state index is 12.0. The van der Waals surface area contributed by atoms with Gasteiger partial charge in [0, 0.05) is 4.47 Å². The highest BCUT2D eigenvalue weighted by Gasteiger charge is 2.41. The zero-order chi connectivity index (χ0) is 12.5. The minimum absolute atomic E-state index is 0.217. The van der Waals surface area contributed by atoms with Crippen LogP contribution in [0.2, 0.25) is 0 Å². The molecule has 0 fully saturated rings. The zero-order valence-corrected chi connectivity index (χ0v) is 12.0. The smallest absolute Gasteiger partial charge is 0.417 e. The molecule has 0 saturated heterocycles. The number of rotatable bonds is 1. The van der Waals surface area contributed by atoms with Crippen molar-refractivity contribution in [3.63, 3.8) is 0 Å². The highest BCUT2D eigenvalue weighted by Crippen LogP contribution is 2.37. The molecular weight excluding hydrogens is 425 g/mol. The van der Waals surface area contributed by atoms with Crippen LogP contribution in [0.4, 0.5) is 13.2 Å². The van der Waals surface area contributed by atoms with Crippen LogP contribution in [-0.4, -0.2) is 12.1 Å². The molecule has 2 nitrogen and oxygen atoms in total. The fraction of sp³-hybridized carbons (Fsp3) is 0.125. The molecule has 0 aliphatic rings. The minimum Gasteiger partial charge on any atom is -0.417 e. The van der Waals surface area contributed by atoms with Crippen LogP contribution in [-0.2, 0) is 4.79 Å². The van der Waals surface area contributed by atoms with Gasteiger partial charge in [0.05, 0.1) is 8.95 Å². The van der Waals surface area contributed by atoms with E-state index in [1.54, 1.807) is 0 Å². The van der Waals surface area contributed by atoms with Crippen LogP contribution >= 0.6 is 47.8 Å². The fourth-order valence-corrected chi connectivity index (χ4v) is 3.20. The van der Waals surface area contributed by atoms with Gasteiger partial charge < -0.3 is 4.74 Å². The van der Waals surface area contributed by atoms with Crippen molar-refractivity contribution in [2.75, 3.05) is 0 Å². The Morgan fingerprint density at radius 3 is 1.94 bits per heavy atom. The number of benzene rings is 1. The van der Waals surface area contributed by atoms with Crippen molar-refractivity contribution in [1.82, 2.24) is 0 Å². The van der Waals surface area contributed by atoms with Gasteiger partial charge in [-0.3, -0.25) is 0 Å². The lowest BCUT2D eigenvalue weighted by Gasteiger charge is -2.10. The van der Waals surface area contributed by atoms with Crippen molar-refractivity contribution in [3.05, 3.63) is 25.6 Å². The molecule has 0 N–H and O–H groups in total. The van der Waals surface area contributed by atoms with E-state index in [0.717, 1.165) is 0 Å². The third-order valence-electron chi connectivity index (χ3n) is 1.39. The molecule has 0 bridgehead atoms. The van der Waals surface area contributed by atoms with Crippen molar-refractivity contribution in [2.45, 2.75) is 6.18 Å². The van der Waals surface area contributed by atoms with E-state index in [0.29, 0.717) is 4.47 Å². The molecule has 0 amide bonds. The lowest BCUT2D eigenvalue weighted by atomic mass is 10.3. The summed E-state index contributed by atoms with van der Waals surface area (Å²) in [5.74, 6) is -2.48. The van der Waals surface area contributed by atoms with Gasteiger partial charge in [-0.25, -0.2) is 4.79 Å². The number of hydrogen-bond donors (Lipinski definition) is 0. The highest BCUT2D eigenvalue weighted by molar-refractivity contribution is 9.11. The first-order chi connectivity index (χ1) is 7.21. The molecule has 1 aromatic rings. The van der Waals surface area contributed by atoms with Gasteiger partial charge in [0.2, 0.25) is 0 Å². The highest BCUT2D eigenvalue weighted by atomic mass is 79.9. The third-order valence-corrected chi connectivity index (χ3v) is 3.03. The second kappa shape index (κ2) is 5.05. The Morgan fingerprint density at radius 2 is 1.56 bits per heavy atom. The molecule has 0 aliphatic carbocycles. The molecule has 0 aromatic heterocycles. The van der Waals surface area contributed by atoms with Crippen LogP contribution in [0.5, 0.6) is 5.75 Å². The quantitative estimate of drug-likeness (QED) is 0.490. The molecular formula is C8H2Br3F3O2. The lowest BCUT2D eigenvalue weighted by molar-refractivity contribution is -0.189. The third kappa shape index (κ3) is 3.46. The number of halogens is 6. The molecule has 1 aromatic carbocycles. The van der Waals surface area contributed by atoms with Crippen LogP contribution in [0.3, 0.4) is 0 Å². The molecule has 0 unspecified atom stereocenters. The first-order valence-electron chi connectivity index (χ1n) is 3.65. The SMILES string of the molecule is O=C(Oc1c(Br)cc(Br)cc1Br)C(F)(F)F. The minimum atomic E-state index is -5.02. The summed E-state index contributed by atoms with van der Waals surface area (Å²) >= 11 is 9.11. The van der Waals surface area contributed by atoms with Crippen LogP contribution in [0.15, 0.2) is 25.6 Å². The van der Waals surface area contributed by atoms with E-state index >= 15 is 0 Å². The van der Waals surface area contributed by atoms with E-state index in [-0.39, 0.29) is 14.7 Å². The fourth-order valence-electron chi connectivity index (χ4n) is 0.777. The molecule has 8 heteroatoms. The monoisotopic (exact) mass is 424 g/mol. The average Bonchev–Trinajstić information content (AvgIpc) is 2.08. The Labute approximate surface area is 114 Å². The number of carbonyl (C=O) groups is 1. The van der Waals surface area contributed by atoms with Crippen LogP contribution in [0.1, 0.15) is 0 Å². The van der Waals surface area contributed by atoms with Gasteiger partial charge >= 0.3 is 12.1 Å². The first-order valence-corrected chi connectivity index (χ1v) is 6.03. The number of alkyl halides is 3. The maximum Gasteiger partial charge on any atom is 0.491 e. The Balaban J connectivity index is 3.03. The normalized spacial score (nSPS) is 11.4. The van der Waals surface area contributed by atoms with Gasteiger partial charge in [-0.05, 0) is 44.0 Å². The van der Waals surface area contributed by atoms with E-state index in [9.17, 15) is 18.0 Å². The average molecular weight is 427 g/mol. The zero-order valence-electron chi connectivity index (χ0n) is 7.24. The van der Waals surface area contributed by atoms with Gasteiger partial charge in [0.25, 0.3) is 0 Å². The molecule has 16 heavy (non-hydrogen) atoms. The number of esters is 1. The molecule has 0 radical (unpaired) electrons. The van der Waals surface area contributed by atoms with E-state index in [1.807, 2.05) is 0 Å². The Morgan fingerprint density at radius 1 is 1.12 bits per heavy atom. The van der Waals surface area contributed by atoms with Gasteiger partial charge in [0.1, 0.15) is 0 Å². The Bertz CT molecular complexity index is 408. The molecule has 0 heterocycles. The lowest BCUT2D eigenvalue weighted by Crippen LogP contribution is -2.28. The maximum atomic E-state index is 12.0. The summed E-state index contributed by atoms with van der Waals surface area (Å²) in [6.07, 6.45) is -5.02. The van der Waals surface area contributed by atoms with Crippen molar-refractivity contribution >= 4 is 53.8 Å². The molecule has 0 aliphatic heterocycles. The van der Waals surface area contributed by atoms with Crippen molar-refractivity contribution in [1.29, 1.82) is 0 Å². The van der Waals surface area contributed by atoms with E-state index in [4.69, 9.17) is 0 Å². The molecule has 88 valence electrons.